The molecule has 1 aromatic rings. The number of benzene rings is 1. The van der Waals surface area contributed by atoms with Crippen LogP contribution in [0.1, 0.15) is 27.9 Å². The summed E-state index contributed by atoms with van der Waals surface area (Å²) in [6.07, 6.45) is 0.0479. The maximum Gasteiger partial charge on any atom is 0.255 e. The smallest absolute Gasteiger partial charge is 0.255 e. The molecule has 13 heteroatoms. The average molecular weight is 545 g/mol. The van der Waals surface area contributed by atoms with E-state index in [0.29, 0.717) is 11.3 Å². The van der Waals surface area contributed by atoms with Gasteiger partial charge in [-0.1, -0.05) is 0 Å². The Morgan fingerprint density at radius 3 is 2.33 bits per heavy atom. The van der Waals surface area contributed by atoms with Gasteiger partial charge in [-0.05, 0) is 44.5 Å². The standard InChI is InChI=1S/C26H32N4O9/c1-29(2)14-9-12(25(38)28-5-6-31)19(32)16-11(14)7-10-8-13-18(30(3)4)21(34)17(24(27)37)23(36)26(13,39)22(35)15(10)20(16)33/h9-10,13,18,31-33,36,39H,5-8H2,1-4H3,(H2,27,37)(H,28,38)/t10-,13-,18-,26-/m0/s1. The summed E-state index contributed by atoms with van der Waals surface area (Å²) in [6.45, 7) is -0.432. The van der Waals surface area contributed by atoms with Crippen LogP contribution in [0, 0.1) is 11.8 Å². The van der Waals surface area contributed by atoms with Crippen molar-refractivity contribution in [1.29, 1.82) is 0 Å². The number of Topliss-reactive ketones (excluding diaryl/α,β-unsaturated/α-hetero) is 2. The number of hydrogen-bond donors (Lipinski definition) is 7. The highest BCUT2D eigenvalue weighted by Crippen LogP contribution is 2.54. The molecule has 4 rings (SSSR count). The molecule has 0 unspecified atom stereocenters. The van der Waals surface area contributed by atoms with E-state index < -0.39 is 69.7 Å². The lowest BCUT2D eigenvalue weighted by atomic mass is 9.57. The summed E-state index contributed by atoms with van der Waals surface area (Å²) in [5.41, 5.74) is 1.88. The van der Waals surface area contributed by atoms with Crippen LogP contribution in [0.3, 0.4) is 0 Å². The van der Waals surface area contributed by atoms with E-state index in [9.17, 15) is 39.6 Å². The van der Waals surface area contributed by atoms with Gasteiger partial charge in [-0.25, -0.2) is 0 Å². The molecule has 8 N–H and O–H groups in total. The van der Waals surface area contributed by atoms with Gasteiger partial charge in [0.05, 0.1) is 23.8 Å². The van der Waals surface area contributed by atoms with Crippen molar-refractivity contribution in [2.45, 2.75) is 24.5 Å². The van der Waals surface area contributed by atoms with E-state index in [4.69, 9.17) is 10.8 Å². The van der Waals surface area contributed by atoms with Gasteiger partial charge in [-0.3, -0.25) is 24.1 Å². The highest BCUT2D eigenvalue weighted by Gasteiger charge is 2.64. The highest BCUT2D eigenvalue weighted by molar-refractivity contribution is 6.24. The molecule has 0 radical (unpaired) electrons. The molecule has 210 valence electrons. The number of nitrogens with two attached hydrogens (primary N) is 1. The molecular weight excluding hydrogens is 512 g/mol. The number of nitrogens with zero attached hydrogens (tertiary/aromatic N) is 2. The zero-order chi connectivity index (χ0) is 29.1. The van der Waals surface area contributed by atoms with E-state index in [0.717, 1.165) is 0 Å². The zero-order valence-corrected chi connectivity index (χ0v) is 22.0. The zero-order valence-electron chi connectivity index (χ0n) is 22.0. The normalized spacial score (nSPS) is 26.3. The third-order valence-corrected chi connectivity index (χ3v) is 7.82. The van der Waals surface area contributed by atoms with Crippen molar-refractivity contribution in [2.24, 2.45) is 17.6 Å². The van der Waals surface area contributed by atoms with Crippen LogP contribution in [-0.2, 0) is 20.8 Å². The second-order valence-electron chi connectivity index (χ2n) is 10.5. The Morgan fingerprint density at radius 2 is 1.79 bits per heavy atom. The molecule has 0 aliphatic heterocycles. The number of phenols is 1. The van der Waals surface area contributed by atoms with Crippen LogP contribution in [0.2, 0.25) is 0 Å². The number of carbonyl (C=O) groups is 4. The van der Waals surface area contributed by atoms with Crippen LogP contribution in [0.25, 0.3) is 5.76 Å². The maximum absolute atomic E-state index is 13.9. The summed E-state index contributed by atoms with van der Waals surface area (Å²) >= 11 is 0. The number of fused-ring (bicyclic) bond motifs is 3. The van der Waals surface area contributed by atoms with Crippen LogP contribution in [-0.4, -0.2) is 107 Å². The first-order valence-corrected chi connectivity index (χ1v) is 12.3. The van der Waals surface area contributed by atoms with Crippen LogP contribution in [0.15, 0.2) is 23.0 Å². The number of phenolic OH excluding ortho intramolecular Hbond substituents is 1. The van der Waals surface area contributed by atoms with Gasteiger partial charge in [0.1, 0.15) is 22.8 Å². The van der Waals surface area contributed by atoms with Gasteiger partial charge in [0.25, 0.3) is 11.8 Å². The lowest BCUT2D eigenvalue weighted by Crippen LogP contribution is -2.65. The minimum Gasteiger partial charge on any atom is -0.508 e. The molecule has 39 heavy (non-hydrogen) atoms. The molecule has 1 aromatic carbocycles. The summed E-state index contributed by atoms with van der Waals surface area (Å²) in [6, 6.07) is 0.252. The first-order chi connectivity index (χ1) is 18.2. The van der Waals surface area contributed by atoms with E-state index in [1.165, 1.54) is 25.1 Å². The number of anilines is 1. The van der Waals surface area contributed by atoms with Crippen molar-refractivity contribution in [3.8, 4) is 5.75 Å². The predicted molar refractivity (Wildman–Crippen MR) is 138 cm³/mol. The monoisotopic (exact) mass is 544 g/mol. The van der Waals surface area contributed by atoms with Crippen LogP contribution >= 0.6 is 0 Å². The Hall–Kier alpha value is -3.94. The van der Waals surface area contributed by atoms with Gasteiger partial charge >= 0.3 is 0 Å². The van der Waals surface area contributed by atoms with E-state index in [1.54, 1.807) is 19.0 Å². The Kier molecular flexibility index (Phi) is 6.96. The van der Waals surface area contributed by atoms with Crippen molar-refractivity contribution in [3.05, 3.63) is 39.7 Å². The van der Waals surface area contributed by atoms with Crippen molar-refractivity contribution in [2.75, 3.05) is 46.2 Å². The third kappa shape index (κ3) is 3.96. The molecule has 1 saturated carbocycles. The lowest BCUT2D eigenvalue weighted by Gasteiger charge is -2.50. The fourth-order valence-corrected chi connectivity index (χ4v) is 6.13. The van der Waals surface area contributed by atoms with E-state index in [-0.39, 0.29) is 42.7 Å². The number of hydrogen-bond acceptors (Lipinski definition) is 11. The number of carbonyl (C=O) groups excluding carboxylic acids is 4. The number of ketones is 2. The number of aromatic hydroxyl groups is 1. The van der Waals surface area contributed by atoms with E-state index in [1.807, 2.05) is 0 Å². The number of rotatable bonds is 6. The van der Waals surface area contributed by atoms with E-state index in [2.05, 4.69) is 5.32 Å². The van der Waals surface area contributed by atoms with Crippen molar-refractivity contribution >= 4 is 34.8 Å². The molecule has 0 bridgehead atoms. The largest absolute Gasteiger partial charge is 0.508 e. The molecule has 3 aliphatic rings. The Bertz CT molecular complexity index is 1360. The number of primary amides is 1. The number of aliphatic hydroxyl groups excluding tert-OH is 3. The quantitative estimate of drug-likeness (QED) is 0.210. The molecule has 13 nitrogen and oxygen atoms in total. The summed E-state index contributed by atoms with van der Waals surface area (Å²) in [5, 5.41) is 56.6. The summed E-state index contributed by atoms with van der Waals surface area (Å²) in [7, 11) is 6.44. The summed E-state index contributed by atoms with van der Waals surface area (Å²) < 4.78 is 0. The second-order valence-corrected chi connectivity index (χ2v) is 10.5. The van der Waals surface area contributed by atoms with Crippen molar-refractivity contribution < 1.29 is 44.7 Å². The average Bonchev–Trinajstić information content (AvgIpc) is 2.84. The number of nitrogens with one attached hydrogen (secondary N) is 1. The molecule has 1 fully saturated rings. The second kappa shape index (κ2) is 9.67. The Morgan fingerprint density at radius 1 is 1.15 bits per heavy atom. The number of amides is 2. The SMILES string of the molecule is CN(C)c1cc(C(=O)NCCO)c(O)c2c1C[C@H]1C[C@H]3[C@H](N(C)C)C(=O)C(C(N)=O)=C(O)[C@@]3(O)C(=O)C1=C2O. The molecule has 2 amide bonds. The van der Waals surface area contributed by atoms with Crippen LogP contribution in [0.4, 0.5) is 5.69 Å². The first kappa shape index (κ1) is 28.1. The number of likely N-dealkylation sites (N-methyl/N-ethyl adjacent to an activating group) is 1. The molecule has 0 heterocycles. The van der Waals surface area contributed by atoms with E-state index >= 15 is 0 Å². The molecule has 4 atom stereocenters. The predicted octanol–water partition coefficient (Wildman–Crippen LogP) is -1.25. The summed E-state index contributed by atoms with van der Waals surface area (Å²) in [5.74, 6) is -8.40. The molecule has 0 spiro atoms. The van der Waals surface area contributed by atoms with Gasteiger partial charge in [-0.15, -0.1) is 0 Å². The van der Waals surface area contributed by atoms with Crippen LogP contribution < -0.4 is 16.0 Å². The maximum atomic E-state index is 13.9. The lowest BCUT2D eigenvalue weighted by molar-refractivity contribution is -0.153. The van der Waals surface area contributed by atoms with Gasteiger partial charge in [0.2, 0.25) is 5.78 Å². The van der Waals surface area contributed by atoms with Gasteiger partial charge < -0.3 is 41.5 Å². The Balaban J connectivity index is 1.98. The fourth-order valence-electron chi connectivity index (χ4n) is 6.13. The molecule has 0 aromatic heterocycles. The number of aliphatic hydroxyl groups is 4. The first-order valence-electron chi connectivity index (χ1n) is 12.3. The molecular formula is C26H32N4O9. The summed E-state index contributed by atoms with van der Waals surface area (Å²) in [4.78, 5) is 55.0. The van der Waals surface area contributed by atoms with Crippen molar-refractivity contribution in [3.63, 3.8) is 0 Å². The minimum atomic E-state index is -2.75. The van der Waals surface area contributed by atoms with Crippen LogP contribution in [0.5, 0.6) is 5.75 Å². The van der Waals surface area contributed by atoms with Crippen molar-refractivity contribution in [1.82, 2.24) is 10.2 Å². The van der Waals surface area contributed by atoms with Gasteiger partial charge in [-0.2, -0.15) is 0 Å². The van der Waals surface area contributed by atoms with Gasteiger partial charge in [0.15, 0.2) is 11.4 Å². The minimum absolute atomic E-state index is 0.0435. The highest BCUT2D eigenvalue weighted by atomic mass is 16.3. The fraction of sp³-hybridized carbons (Fsp3) is 0.462. The Labute approximate surface area is 223 Å². The molecule has 3 aliphatic carbocycles. The molecule has 0 saturated heterocycles. The van der Waals surface area contributed by atoms with Gasteiger partial charge in [0, 0.05) is 37.8 Å². The topological polar surface area (TPSA) is 214 Å². The third-order valence-electron chi connectivity index (χ3n) is 7.82.